The largest absolute Gasteiger partial charge is 0.496 e. The molecule has 0 saturated carbocycles. The Labute approximate surface area is 165 Å². The number of carbonyl (C=O) groups excluding carboxylic acids is 1. The number of ether oxygens (including phenoxy) is 2. The number of fused-ring (bicyclic) bond motifs is 2. The lowest BCUT2D eigenvalue weighted by molar-refractivity contribution is -0.150. The zero-order valence-electron chi connectivity index (χ0n) is 16.4. The molecule has 4 nitrogen and oxygen atoms in total. The van der Waals surface area contributed by atoms with Crippen LogP contribution >= 0.6 is 0 Å². The van der Waals surface area contributed by atoms with E-state index < -0.39 is 0 Å². The van der Waals surface area contributed by atoms with E-state index in [1.807, 2.05) is 31.2 Å². The summed E-state index contributed by atoms with van der Waals surface area (Å²) in [7, 11) is 1.69. The Morgan fingerprint density at radius 1 is 1.00 bits per heavy atom. The maximum atomic E-state index is 12.7. The van der Waals surface area contributed by atoms with Gasteiger partial charge in [-0.05, 0) is 41.5 Å². The maximum absolute atomic E-state index is 12.7. The predicted octanol–water partition coefficient (Wildman–Crippen LogP) is 4.34. The molecule has 0 aromatic heterocycles. The van der Waals surface area contributed by atoms with Crippen LogP contribution in [-0.4, -0.2) is 30.6 Å². The normalized spacial score (nSPS) is 16.6. The van der Waals surface area contributed by atoms with Gasteiger partial charge in [0.05, 0.1) is 13.7 Å². The summed E-state index contributed by atoms with van der Waals surface area (Å²) in [6.45, 7) is 3.68. The molecule has 4 rings (SSSR count). The first-order valence-corrected chi connectivity index (χ1v) is 9.73. The van der Waals surface area contributed by atoms with Crippen molar-refractivity contribution in [2.45, 2.75) is 32.5 Å². The molecule has 1 aliphatic heterocycles. The molecule has 0 radical (unpaired) electrons. The van der Waals surface area contributed by atoms with Crippen molar-refractivity contribution in [1.29, 1.82) is 0 Å². The Kier molecular flexibility index (Phi) is 5.31. The molecule has 0 spiro atoms. The van der Waals surface area contributed by atoms with Gasteiger partial charge in [-0.15, -0.1) is 0 Å². The van der Waals surface area contributed by atoms with Gasteiger partial charge in [-0.2, -0.15) is 0 Å². The lowest BCUT2D eigenvalue weighted by Gasteiger charge is -2.35. The number of carbonyl (C=O) groups is 1. The number of rotatable bonds is 5. The molecule has 0 fully saturated rings. The van der Waals surface area contributed by atoms with Crippen LogP contribution in [0.4, 0.5) is 0 Å². The summed E-state index contributed by atoms with van der Waals surface area (Å²) < 4.78 is 10.9. The van der Waals surface area contributed by atoms with E-state index in [-0.39, 0.29) is 12.0 Å². The molecule has 1 aliphatic rings. The van der Waals surface area contributed by atoms with Crippen LogP contribution in [0.1, 0.15) is 23.6 Å². The van der Waals surface area contributed by atoms with E-state index in [4.69, 9.17) is 9.47 Å². The van der Waals surface area contributed by atoms with Crippen molar-refractivity contribution in [3.05, 3.63) is 77.4 Å². The molecular weight excluding hydrogens is 350 g/mol. The smallest absolute Gasteiger partial charge is 0.323 e. The highest BCUT2D eigenvalue weighted by Gasteiger charge is 2.32. The summed E-state index contributed by atoms with van der Waals surface area (Å²) in [5.74, 6) is 0.722. The molecule has 3 aromatic carbocycles. The molecule has 144 valence electrons. The summed E-state index contributed by atoms with van der Waals surface area (Å²) in [4.78, 5) is 14.9. The summed E-state index contributed by atoms with van der Waals surface area (Å²) in [6, 6.07) is 20.5. The van der Waals surface area contributed by atoms with Crippen LogP contribution in [-0.2, 0) is 29.0 Å². The average molecular weight is 375 g/mol. The molecule has 1 atom stereocenters. The van der Waals surface area contributed by atoms with Gasteiger partial charge < -0.3 is 9.47 Å². The van der Waals surface area contributed by atoms with E-state index in [9.17, 15) is 4.79 Å². The Bertz CT molecular complexity index is 998. The van der Waals surface area contributed by atoms with Gasteiger partial charge in [0.15, 0.2) is 0 Å². The summed E-state index contributed by atoms with van der Waals surface area (Å²) >= 11 is 0. The molecule has 1 unspecified atom stereocenters. The predicted molar refractivity (Wildman–Crippen MR) is 110 cm³/mol. The van der Waals surface area contributed by atoms with Crippen molar-refractivity contribution >= 4 is 16.7 Å². The zero-order valence-corrected chi connectivity index (χ0v) is 16.4. The van der Waals surface area contributed by atoms with Crippen molar-refractivity contribution in [3.63, 3.8) is 0 Å². The SMILES string of the molecule is CCOC(=O)C1Cc2ccccc2CN1Cc1ccc(OC)c2ccccc12. The summed E-state index contributed by atoms with van der Waals surface area (Å²) in [6.07, 6.45) is 0.684. The van der Waals surface area contributed by atoms with Crippen LogP contribution in [0.3, 0.4) is 0 Å². The van der Waals surface area contributed by atoms with Crippen molar-refractivity contribution in [1.82, 2.24) is 4.90 Å². The van der Waals surface area contributed by atoms with E-state index in [2.05, 4.69) is 41.3 Å². The summed E-state index contributed by atoms with van der Waals surface area (Å²) in [5, 5.41) is 2.25. The van der Waals surface area contributed by atoms with Gasteiger partial charge >= 0.3 is 5.97 Å². The fraction of sp³-hybridized carbons (Fsp3) is 0.292. The topological polar surface area (TPSA) is 38.8 Å². The van der Waals surface area contributed by atoms with Gasteiger partial charge in [0.1, 0.15) is 11.8 Å². The van der Waals surface area contributed by atoms with Gasteiger partial charge in [-0.3, -0.25) is 9.69 Å². The Hall–Kier alpha value is -2.85. The Balaban J connectivity index is 1.71. The monoisotopic (exact) mass is 375 g/mol. The fourth-order valence-corrected chi connectivity index (χ4v) is 4.08. The second-order valence-corrected chi connectivity index (χ2v) is 7.12. The molecule has 28 heavy (non-hydrogen) atoms. The number of hydrogen-bond donors (Lipinski definition) is 0. The molecule has 0 N–H and O–H groups in total. The minimum Gasteiger partial charge on any atom is -0.496 e. The number of benzene rings is 3. The third-order valence-corrected chi connectivity index (χ3v) is 5.47. The van der Waals surface area contributed by atoms with Crippen molar-refractivity contribution in [2.75, 3.05) is 13.7 Å². The van der Waals surface area contributed by atoms with Crippen molar-refractivity contribution < 1.29 is 14.3 Å². The molecule has 4 heteroatoms. The molecule has 0 aliphatic carbocycles. The fourth-order valence-electron chi connectivity index (χ4n) is 4.08. The number of nitrogens with zero attached hydrogens (tertiary/aromatic N) is 1. The van der Waals surface area contributed by atoms with Crippen molar-refractivity contribution in [2.24, 2.45) is 0 Å². The minimum atomic E-state index is -0.268. The minimum absolute atomic E-state index is 0.144. The van der Waals surface area contributed by atoms with Gasteiger partial charge in [0.2, 0.25) is 0 Å². The van der Waals surface area contributed by atoms with E-state index in [1.54, 1.807) is 7.11 Å². The van der Waals surface area contributed by atoms with Crippen LogP contribution in [0.15, 0.2) is 60.7 Å². The zero-order chi connectivity index (χ0) is 19.5. The van der Waals surface area contributed by atoms with Gasteiger partial charge in [-0.1, -0.05) is 54.6 Å². The molecule has 1 heterocycles. The van der Waals surface area contributed by atoms with Crippen LogP contribution in [0.25, 0.3) is 10.8 Å². The van der Waals surface area contributed by atoms with E-state index in [0.29, 0.717) is 19.6 Å². The molecular formula is C24H25NO3. The molecule has 0 saturated heterocycles. The third-order valence-electron chi connectivity index (χ3n) is 5.47. The molecule has 0 bridgehead atoms. The van der Waals surface area contributed by atoms with Crippen LogP contribution in [0, 0.1) is 0 Å². The van der Waals surface area contributed by atoms with Crippen molar-refractivity contribution in [3.8, 4) is 5.75 Å². The second kappa shape index (κ2) is 8.03. The van der Waals surface area contributed by atoms with E-state index in [0.717, 1.165) is 23.1 Å². The second-order valence-electron chi connectivity index (χ2n) is 7.12. The molecule has 3 aromatic rings. The highest BCUT2D eigenvalue weighted by molar-refractivity contribution is 5.91. The number of hydrogen-bond acceptors (Lipinski definition) is 4. The highest BCUT2D eigenvalue weighted by atomic mass is 16.5. The lowest BCUT2D eigenvalue weighted by Crippen LogP contribution is -2.45. The third kappa shape index (κ3) is 3.48. The number of methoxy groups -OCH3 is 1. The highest BCUT2D eigenvalue weighted by Crippen LogP contribution is 2.31. The van der Waals surface area contributed by atoms with Crippen LogP contribution in [0.2, 0.25) is 0 Å². The first-order chi connectivity index (χ1) is 13.7. The Morgan fingerprint density at radius 2 is 1.71 bits per heavy atom. The standard InChI is InChI=1S/C24H25NO3/c1-3-28-24(26)22-14-17-8-4-5-9-18(17)15-25(22)16-19-12-13-23(27-2)21-11-7-6-10-20(19)21/h4-13,22H,3,14-16H2,1-2H3. The Morgan fingerprint density at radius 3 is 2.46 bits per heavy atom. The molecule has 0 amide bonds. The van der Waals surface area contributed by atoms with Crippen LogP contribution in [0.5, 0.6) is 5.75 Å². The maximum Gasteiger partial charge on any atom is 0.323 e. The van der Waals surface area contributed by atoms with Crippen LogP contribution < -0.4 is 4.74 Å². The quantitative estimate of drug-likeness (QED) is 0.622. The first kappa shape index (κ1) is 18.5. The van der Waals surface area contributed by atoms with Gasteiger partial charge in [-0.25, -0.2) is 0 Å². The average Bonchev–Trinajstić information content (AvgIpc) is 2.73. The van der Waals surface area contributed by atoms with Gasteiger partial charge in [0.25, 0.3) is 0 Å². The summed E-state index contributed by atoms with van der Waals surface area (Å²) in [5.41, 5.74) is 3.70. The van der Waals surface area contributed by atoms with E-state index in [1.165, 1.54) is 16.7 Å². The number of esters is 1. The van der Waals surface area contributed by atoms with Gasteiger partial charge in [0, 0.05) is 18.5 Å². The first-order valence-electron chi connectivity index (χ1n) is 9.73. The van der Waals surface area contributed by atoms with E-state index >= 15 is 0 Å². The lowest BCUT2D eigenvalue weighted by atomic mass is 9.93.